The molecule has 0 saturated carbocycles. The minimum absolute atomic E-state index is 0.333. The van der Waals surface area contributed by atoms with E-state index in [-0.39, 0.29) is 6.10 Å². The quantitative estimate of drug-likeness (QED) is 0.818. The number of hydrogen-bond donors (Lipinski definition) is 1. The topological polar surface area (TPSA) is 57.6 Å². The molecule has 96 valence electrons. The molecule has 0 unspecified atom stereocenters. The molecule has 4 nitrogen and oxygen atoms in total. The minimum atomic E-state index is -3.22. The Morgan fingerprint density at radius 2 is 1.81 bits per heavy atom. The van der Waals surface area contributed by atoms with E-state index >= 15 is 0 Å². The normalized spacial score (nSPS) is 21.2. The third kappa shape index (κ3) is 2.76. The third-order valence-electron chi connectivity index (χ3n) is 3.31. The summed E-state index contributed by atoms with van der Waals surface area (Å²) in [6, 6.07) is 0. The molecular weight excluding hydrogens is 226 g/mol. The minimum Gasteiger partial charge on any atom is -0.393 e. The zero-order valence-electron chi connectivity index (χ0n) is 10.4. The lowest BCUT2D eigenvalue weighted by Gasteiger charge is -2.35. The molecule has 16 heavy (non-hydrogen) atoms. The predicted octanol–water partition coefficient (Wildman–Crippen LogP) is 1.35. The van der Waals surface area contributed by atoms with Crippen molar-refractivity contribution in [2.75, 3.05) is 13.1 Å². The van der Waals surface area contributed by atoms with Crippen molar-refractivity contribution in [1.29, 1.82) is 0 Å². The Labute approximate surface area is 98.7 Å². The number of piperidine rings is 1. The van der Waals surface area contributed by atoms with Crippen LogP contribution in [0.15, 0.2) is 0 Å². The van der Waals surface area contributed by atoms with Gasteiger partial charge in [-0.2, -0.15) is 0 Å². The molecular formula is C11H23NO3S. The third-order valence-corrected chi connectivity index (χ3v) is 5.96. The van der Waals surface area contributed by atoms with Gasteiger partial charge in [-0.05, 0) is 33.1 Å². The predicted molar refractivity (Wildman–Crippen MR) is 64.7 cm³/mol. The summed E-state index contributed by atoms with van der Waals surface area (Å²) in [6.45, 7) is 6.48. The van der Waals surface area contributed by atoms with Gasteiger partial charge in [0.2, 0.25) is 10.0 Å². The average Bonchev–Trinajstić information content (AvgIpc) is 2.18. The number of rotatable bonds is 4. The molecule has 0 aromatic rings. The van der Waals surface area contributed by atoms with E-state index in [1.54, 1.807) is 13.8 Å². The second kappa shape index (κ2) is 5.02. The van der Waals surface area contributed by atoms with Crippen LogP contribution >= 0.6 is 0 Å². The SMILES string of the molecule is CCCC(C)(C)S(=O)(=O)N1CCC(O)CC1. The van der Waals surface area contributed by atoms with E-state index in [0.29, 0.717) is 32.4 Å². The van der Waals surface area contributed by atoms with Crippen LogP contribution in [0.4, 0.5) is 0 Å². The number of aliphatic hydroxyl groups excluding tert-OH is 1. The molecule has 0 atom stereocenters. The van der Waals surface area contributed by atoms with E-state index in [1.807, 2.05) is 6.92 Å². The van der Waals surface area contributed by atoms with Gasteiger partial charge in [-0.3, -0.25) is 0 Å². The van der Waals surface area contributed by atoms with Crippen molar-refractivity contribution in [3.05, 3.63) is 0 Å². The molecule has 1 saturated heterocycles. The zero-order chi connectivity index (χ0) is 12.4. The second-order valence-corrected chi connectivity index (χ2v) is 7.72. The van der Waals surface area contributed by atoms with Gasteiger partial charge in [0, 0.05) is 13.1 Å². The molecule has 0 aromatic heterocycles. The smallest absolute Gasteiger partial charge is 0.219 e. The Kier molecular flexibility index (Phi) is 4.37. The first-order valence-corrected chi connectivity index (χ1v) is 7.43. The van der Waals surface area contributed by atoms with Crippen LogP contribution in [0.1, 0.15) is 46.5 Å². The summed E-state index contributed by atoms with van der Waals surface area (Å²) >= 11 is 0. The number of aliphatic hydroxyl groups is 1. The molecule has 0 aliphatic carbocycles. The summed E-state index contributed by atoms with van der Waals surface area (Å²) in [4.78, 5) is 0. The van der Waals surface area contributed by atoms with Crippen LogP contribution in [0, 0.1) is 0 Å². The molecule has 1 rings (SSSR count). The van der Waals surface area contributed by atoms with E-state index in [1.165, 1.54) is 4.31 Å². The maximum Gasteiger partial charge on any atom is 0.219 e. The van der Waals surface area contributed by atoms with E-state index in [2.05, 4.69) is 0 Å². The standard InChI is InChI=1S/C11H23NO3S/c1-4-7-11(2,3)16(14,15)12-8-5-10(13)6-9-12/h10,13H,4-9H2,1-3H3. The largest absolute Gasteiger partial charge is 0.393 e. The van der Waals surface area contributed by atoms with Gasteiger partial charge in [-0.15, -0.1) is 0 Å². The molecule has 0 aromatic carbocycles. The summed E-state index contributed by atoms with van der Waals surface area (Å²) < 4.78 is 25.5. The van der Waals surface area contributed by atoms with Crippen LogP contribution in [-0.2, 0) is 10.0 Å². The maximum atomic E-state index is 12.3. The van der Waals surface area contributed by atoms with Crippen molar-refractivity contribution < 1.29 is 13.5 Å². The molecule has 5 heteroatoms. The van der Waals surface area contributed by atoms with Gasteiger partial charge < -0.3 is 5.11 Å². The van der Waals surface area contributed by atoms with E-state index in [0.717, 1.165) is 6.42 Å². The fourth-order valence-corrected chi connectivity index (χ4v) is 4.02. The van der Waals surface area contributed by atoms with Crippen molar-refractivity contribution in [3.63, 3.8) is 0 Å². The molecule has 1 fully saturated rings. The Morgan fingerprint density at radius 1 is 1.31 bits per heavy atom. The summed E-state index contributed by atoms with van der Waals surface area (Å²) in [6.07, 6.45) is 2.32. The highest BCUT2D eigenvalue weighted by atomic mass is 32.2. The second-order valence-electron chi connectivity index (χ2n) is 5.14. The summed E-state index contributed by atoms with van der Waals surface area (Å²) in [7, 11) is -3.22. The first kappa shape index (κ1) is 13.9. The van der Waals surface area contributed by atoms with Crippen LogP contribution in [-0.4, -0.2) is 41.8 Å². The van der Waals surface area contributed by atoms with Crippen molar-refractivity contribution >= 4 is 10.0 Å². The highest BCUT2D eigenvalue weighted by Gasteiger charge is 2.39. The van der Waals surface area contributed by atoms with E-state index in [9.17, 15) is 13.5 Å². The zero-order valence-corrected chi connectivity index (χ0v) is 11.3. The molecule has 1 N–H and O–H groups in total. The van der Waals surface area contributed by atoms with Crippen LogP contribution in [0.25, 0.3) is 0 Å². The Morgan fingerprint density at radius 3 is 2.25 bits per heavy atom. The van der Waals surface area contributed by atoms with Gasteiger partial charge in [0.05, 0.1) is 10.9 Å². The lowest BCUT2D eigenvalue weighted by atomic mass is 10.1. The molecule has 1 heterocycles. The van der Waals surface area contributed by atoms with Gasteiger partial charge >= 0.3 is 0 Å². The van der Waals surface area contributed by atoms with Crippen molar-refractivity contribution in [2.24, 2.45) is 0 Å². The number of sulfonamides is 1. The summed E-state index contributed by atoms with van der Waals surface area (Å²) in [5.74, 6) is 0. The Balaban J connectivity index is 2.78. The number of nitrogens with zero attached hydrogens (tertiary/aromatic N) is 1. The highest BCUT2D eigenvalue weighted by Crippen LogP contribution is 2.28. The Hall–Kier alpha value is -0.130. The van der Waals surface area contributed by atoms with Gasteiger partial charge in [0.15, 0.2) is 0 Å². The molecule has 0 radical (unpaired) electrons. The van der Waals surface area contributed by atoms with Gasteiger partial charge in [-0.1, -0.05) is 13.3 Å². The lowest BCUT2D eigenvalue weighted by Crippen LogP contribution is -2.48. The molecule has 1 aliphatic heterocycles. The van der Waals surface area contributed by atoms with Gasteiger partial charge in [0.25, 0.3) is 0 Å². The van der Waals surface area contributed by atoms with Gasteiger partial charge in [-0.25, -0.2) is 12.7 Å². The van der Waals surface area contributed by atoms with Crippen LogP contribution < -0.4 is 0 Å². The molecule has 1 aliphatic rings. The van der Waals surface area contributed by atoms with Crippen LogP contribution in [0.5, 0.6) is 0 Å². The fraction of sp³-hybridized carbons (Fsp3) is 1.00. The maximum absolute atomic E-state index is 12.3. The molecule has 0 spiro atoms. The highest BCUT2D eigenvalue weighted by molar-refractivity contribution is 7.90. The number of hydrogen-bond acceptors (Lipinski definition) is 3. The fourth-order valence-electron chi connectivity index (χ4n) is 2.16. The van der Waals surface area contributed by atoms with Crippen LogP contribution in [0.3, 0.4) is 0 Å². The van der Waals surface area contributed by atoms with E-state index in [4.69, 9.17) is 0 Å². The van der Waals surface area contributed by atoms with Crippen molar-refractivity contribution in [3.8, 4) is 0 Å². The summed E-state index contributed by atoms with van der Waals surface area (Å²) in [5, 5.41) is 9.38. The van der Waals surface area contributed by atoms with Gasteiger partial charge in [0.1, 0.15) is 0 Å². The lowest BCUT2D eigenvalue weighted by molar-refractivity contribution is 0.112. The van der Waals surface area contributed by atoms with Crippen molar-refractivity contribution in [1.82, 2.24) is 4.31 Å². The monoisotopic (exact) mass is 249 g/mol. The average molecular weight is 249 g/mol. The van der Waals surface area contributed by atoms with E-state index < -0.39 is 14.8 Å². The van der Waals surface area contributed by atoms with Crippen molar-refractivity contribution in [2.45, 2.75) is 57.3 Å². The first-order chi connectivity index (χ1) is 7.31. The van der Waals surface area contributed by atoms with Crippen LogP contribution in [0.2, 0.25) is 0 Å². The molecule has 0 amide bonds. The molecule has 0 bridgehead atoms. The summed E-state index contributed by atoms with van der Waals surface area (Å²) in [5.41, 5.74) is 0. The first-order valence-electron chi connectivity index (χ1n) is 5.99. The Bertz CT molecular complexity index is 316.